The van der Waals surface area contributed by atoms with Gasteiger partial charge in [0.15, 0.2) is 11.6 Å². The molecule has 8 heteroatoms. The van der Waals surface area contributed by atoms with Crippen LogP contribution in [0.4, 0.5) is 14.6 Å². The highest BCUT2D eigenvalue weighted by molar-refractivity contribution is 5.65. The summed E-state index contributed by atoms with van der Waals surface area (Å²) in [4.78, 5) is 11.3. The van der Waals surface area contributed by atoms with Crippen LogP contribution in [0.1, 0.15) is 24.1 Å². The highest BCUT2D eigenvalue weighted by atomic mass is 19.3. The molecular formula is C21H24F2N4O2. The van der Waals surface area contributed by atoms with Crippen LogP contribution in [0.15, 0.2) is 24.4 Å². The number of alkyl halides is 2. The average molecular weight is 402 g/mol. The first-order valence-corrected chi connectivity index (χ1v) is 10.1. The number of hydrogen-bond donors (Lipinski definition) is 1. The molecule has 2 aromatic rings. The van der Waals surface area contributed by atoms with E-state index in [-0.39, 0.29) is 11.6 Å². The van der Waals surface area contributed by atoms with Gasteiger partial charge in [-0.05, 0) is 47.9 Å². The normalized spacial score (nSPS) is 26.4. The molecule has 2 atom stereocenters. The fourth-order valence-corrected chi connectivity index (χ4v) is 4.70. The van der Waals surface area contributed by atoms with Crippen molar-refractivity contribution in [2.45, 2.75) is 31.9 Å². The minimum Gasteiger partial charge on any atom is -0.431 e. The summed E-state index contributed by atoms with van der Waals surface area (Å²) in [5, 5.41) is 0. The number of hydrogen-bond acceptors (Lipinski definition) is 6. The predicted molar refractivity (Wildman–Crippen MR) is 104 cm³/mol. The molecular weight excluding hydrogens is 378 g/mol. The van der Waals surface area contributed by atoms with Crippen molar-refractivity contribution < 1.29 is 18.3 Å². The van der Waals surface area contributed by atoms with Gasteiger partial charge in [0.25, 0.3) is 0 Å². The van der Waals surface area contributed by atoms with Crippen molar-refractivity contribution in [3.63, 3.8) is 0 Å². The quantitative estimate of drug-likeness (QED) is 0.801. The molecule has 2 aromatic heterocycles. The lowest BCUT2D eigenvalue weighted by atomic mass is 10.0. The summed E-state index contributed by atoms with van der Waals surface area (Å²) in [5.74, 6) is 1.72. The van der Waals surface area contributed by atoms with E-state index in [1.54, 1.807) is 6.20 Å². The highest BCUT2D eigenvalue weighted by Gasteiger charge is 2.57. The topological polar surface area (TPSA) is 73.5 Å². The third-order valence-corrected chi connectivity index (χ3v) is 6.40. The second-order valence-corrected chi connectivity index (χ2v) is 8.12. The fraction of sp³-hybridized carbons (Fsp3) is 0.524. The molecule has 2 aliphatic heterocycles. The van der Waals surface area contributed by atoms with Crippen molar-refractivity contribution in [2.75, 3.05) is 32.0 Å². The number of pyridine rings is 2. The Morgan fingerprint density at radius 3 is 2.62 bits per heavy atom. The van der Waals surface area contributed by atoms with E-state index in [0.717, 1.165) is 44.1 Å². The van der Waals surface area contributed by atoms with E-state index in [4.69, 9.17) is 15.5 Å². The number of nitrogen functional groups attached to an aromatic ring is 1. The Morgan fingerprint density at radius 1 is 1.24 bits per heavy atom. The smallest absolute Gasteiger partial charge is 0.387 e. The van der Waals surface area contributed by atoms with E-state index < -0.39 is 6.61 Å². The van der Waals surface area contributed by atoms with Crippen molar-refractivity contribution >= 4 is 5.82 Å². The van der Waals surface area contributed by atoms with Gasteiger partial charge in [-0.1, -0.05) is 6.92 Å². The average Bonchev–Trinajstić information content (AvgIpc) is 3.16. The van der Waals surface area contributed by atoms with Gasteiger partial charge < -0.3 is 15.2 Å². The molecule has 0 bridgehead atoms. The Bertz CT molecular complexity index is 910. The van der Waals surface area contributed by atoms with E-state index in [9.17, 15) is 8.78 Å². The first kappa shape index (κ1) is 18.7. The zero-order valence-corrected chi connectivity index (χ0v) is 16.2. The minimum atomic E-state index is -2.95. The number of aromatic nitrogens is 2. The summed E-state index contributed by atoms with van der Waals surface area (Å²) in [7, 11) is 0. The minimum absolute atomic E-state index is 0.0577. The molecule has 154 valence electrons. The van der Waals surface area contributed by atoms with Crippen molar-refractivity contribution in [3.8, 4) is 17.0 Å². The fourth-order valence-electron chi connectivity index (χ4n) is 4.70. The molecule has 2 unspecified atom stereocenters. The number of nitrogens with zero attached hydrogens (tertiary/aromatic N) is 3. The Kier molecular flexibility index (Phi) is 4.63. The van der Waals surface area contributed by atoms with Gasteiger partial charge in [0.05, 0.1) is 24.9 Å². The predicted octanol–water partition coefficient (Wildman–Crippen LogP) is 2.93. The molecule has 2 saturated heterocycles. The summed E-state index contributed by atoms with van der Waals surface area (Å²) >= 11 is 0. The number of anilines is 1. The van der Waals surface area contributed by atoms with Crippen LogP contribution in [0.3, 0.4) is 0 Å². The summed E-state index contributed by atoms with van der Waals surface area (Å²) in [5.41, 5.74) is 9.29. The number of nitrogens with two attached hydrogens (primary N) is 1. The van der Waals surface area contributed by atoms with Crippen molar-refractivity contribution in [1.29, 1.82) is 0 Å². The lowest BCUT2D eigenvalue weighted by Gasteiger charge is -2.35. The Balaban J connectivity index is 1.40. The summed E-state index contributed by atoms with van der Waals surface area (Å²) in [6.07, 6.45) is 2.36. The van der Waals surface area contributed by atoms with Gasteiger partial charge in [0.1, 0.15) is 0 Å². The largest absolute Gasteiger partial charge is 0.431 e. The van der Waals surface area contributed by atoms with Crippen LogP contribution >= 0.6 is 0 Å². The van der Waals surface area contributed by atoms with E-state index in [1.807, 2.05) is 0 Å². The number of aryl methyl sites for hydroxylation is 1. The second kappa shape index (κ2) is 7.18. The molecule has 0 spiro atoms. The first-order valence-electron chi connectivity index (χ1n) is 10.1. The lowest BCUT2D eigenvalue weighted by Crippen LogP contribution is -2.48. The maximum absolute atomic E-state index is 12.6. The molecule has 1 saturated carbocycles. The SMILES string of the molecule is CCc1cc(C2C3CN(C4COC4)CC32)cc(-c2cnc(N)c(OC(F)F)c2)n1. The third kappa shape index (κ3) is 3.44. The molecule has 3 fully saturated rings. The molecule has 29 heavy (non-hydrogen) atoms. The van der Waals surface area contributed by atoms with E-state index in [1.165, 1.54) is 11.6 Å². The van der Waals surface area contributed by atoms with Crippen LogP contribution in [0.2, 0.25) is 0 Å². The van der Waals surface area contributed by atoms with E-state index in [2.05, 4.69) is 33.7 Å². The zero-order valence-electron chi connectivity index (χ0n) is 16.2. The monoisotopic (exact) mass is 402 g/mol. The molecule has 0 radical (unpaired) electrons. The van der Waals surface area contributed by atoms with Crippen LogP contribution in [0.25, 0.3) is 11.3 Å². The Hall–Kier alpha value is -2.32. The summed E-state index contributed by atoms with van der Waals surface area (Å²) < 4.78 is 35.1. The maximum Gasteiger partial charge on any atom is 0.387 e. The second-order valence-electron chi connectivity index (χ2n) is 8.12. The number of fused-ring (bicyclic) bond motifs is 1. The van der Waals surface area contributed by atoms with Gasteiger partial charge in [0.2, 0.25) is 0 Å². The van der Waals surface area contributed by atoms with Gasteiger partial charge in [-0.15, -0.1) is 0 Å². The van der Waals surface area contributed by atoms with Crippen LogP contribution in [0.5, 0.6) is 5.75 Å². The summed E-state index contributed by atoms with van der Waals surface area (Å²) in [6.45, 7) is 3.08. The molecule has 0 aromatic carbocycles. The van der Waals surface area contributed by atoms with E-state index in [0.29, 0.717) is 29.4 Å². The molecule has 1 aliphatic carbocycles. The number of likely N-dealkylation sites (tertiary alicyclic amines) is 1. The van der Waals surface area contributed by atoms with Gasteiger partial charge in [-0.3, -0.25) is 9.88 Å². The lowest BCUT2D eigenvalue weighted by molar-refractivity contribution is -0.0609. The third-order valence-electron chi connectivity index (χ3n) is 6.40. The van der Waals surface area contributed by atoms with Crippen LogP contribution < -0.4 is 10.5 Å². The standard InChI is InChI=1S/C21H24F2N4O2/c1-2-13-3-11(19-15-7-27(8-16(15)19)14-9-28-10-14)4-17(26-13)12-5-18(29-21(22)23)20(24)25-6-12/h3-6,14-16,19,21H,2,7-10H2,1H3,(H2,24,25). The number of ether oxygens (including phenoxy) is 2. The zero-order chi connectivity index (χ0) is 20.1. The van der Waals surface area contributed by atoms with Crippen molar-refractivity contribution in [1.82, 2.24) is 14.9 Å². The molecule has 0 amide bonds. The first-order chi connectivity index (χ1) is 14.0. The van der Waals surface area contributed by atoms with Crippen LogP contribution in [0, 0.1) is 11.8 Å². The Labute approximate surface area is 168 Å². The Morgan fingerprint density at radius 2 is 2.00 bits per heavy atom. The number of piperidine rings is 1. The number of rotatable bonds is 6. The molecule has 5 rings (SSSR count). The van der Waals surface area contributed by atoms with Gasteiger partial charge in [-0.25, -0.2) is 4.98 Å². The molecule has 4 heterocycles. The van der Waals surface area contributed by atoms with Crippen LogP contribution in [-0.4, -0.2) is 53.8 Å². The molecule has 2 N–H and O–H groups in total. The van der Waals surface area contributed by atoms with Gasteiger partial charge >= 0.3 is 6.61 Å². The van der Waals surface area contributed by atoms with Gasteiger partial charge in [0, 0.05) is 30.5 Å². The maximum atomic E-state index is 12.6. The van der Waals surface area contributed by atoms with Crippen molar-refractivity contribution in [3.05, 3.63) is 35.7 Å². The van der Waals surface area contributed by atoms with Gasteiger partial charge in [-0.2, -0.15) is 8.78 Å². The number of halogens is 2. The summed E-state index contributed by atoms with van der Waals surface area (Å²) in [6, 6.07) is 6.34. The van der Waals surface area contributed by atoms with Crippen molar-refractivity contribution in [2.24, 2.45) is 11.8 Å². The molecule has 3 aliphatic rings. The van der Waals surface area contributed by atoms with E-state index >= 15 is 0 Å². The highest BCUT2D eigenvalue weighted by Crippen LogP contribution is 2.59. The van der Waals surface area contributed by atoms with Crippen LogP contribution in [-0.2, 0) is 11.2 Å². The molecule has 6 nitrogen and oxygen atoms in total.